The number of nitrogens with one attached hydrogen (secondary N) is 1. The van der Waals surface area contributed by atoms with E-state index in [1.54, 1.807) is 6.07 Å². The molecule has 0 saturated carbocycles. The van der Waals surface area contributed by atoms with Gasteiger partial charge in [0.05, 0.1) is 29.3 Å². The molecule has 0 atom stereocenters. The largest absolute Gasteiger partial charge is 0.399 e. The first kappa shape index (κ1) is 13.8. The van der Waals surface area contributed by atoms with Gasteiger partial charge in [0.2, 0.25) is 5.91 Å². The Morgan fingerprint density at radius 1 is 1.53 bits per heavy atom. The molecule has 0 fully saturated rings. The summed E-state index contributed by atoms with van der Waals surface area (Å²) in [7, 11) is 0. The number of carbonyl (C=O) groups is 1. The van der Waals surface area contributed by atoms with Crippen molar-refractivity contribution in [3.63, 3.8) is 0 Å². The number of aromatic nitrogens is 1. The summed E-state index contributed by atoms with van der Waals surface area (Å²) in [6.45, 7) is 4.30. The number of nitrogens with zero attached hydrogens (tertiary/aromatic N) is 1. The summed E-state index contributed by atoms with van der Waals surface area (Å²) in [5.74, 6) is -0.0901. The zero-order valence-corrected chi connectivity index (χ0v) is 11.8. The Labute approximate surface area is 115 Å². The van der Waals surface area contributed by atoms with Gasteiger partial charge in [-0.2, -0.15) is 0 Å². The lowest BCUT2D eigenvalue weighted by Crippen LogP contribution is -2.15. The van der Waals surface area contributed by atoms with Gasteiger partial charge in [-0.3, -0.25) is 4.79 Å². The maximum absolute atomic E-state index is 11.7. The predicted octanol–water partition coefficient (Wildman–Crippen LogP) is 2.63. The number of nitrogens with two attached hydrogens (primary N) is 1. The average Bonchev–Trinajstić information content (AvgIpc) is 2.69. The van der Waals surface area contributed by atoms with E-state index in [0.29, 0.717) is 23.8 Å². The van der Waals surface area contributed by atoms with Crippen LogP contribution in [0.15, 0.2) is 18.2 Å². The molecule has 2 rings (SSSR count). The van der Waals surface area contributed by atoms with Gasteiger partial charge in [0, 0.05) is 5.69 Å². The molecule has 6 heteroatoms. The molecular formula is C13H17N3O2S. The van der Waals surface area contributed by atoms with Crippen LogP contribution in [0.25, 0.3) is 10.2 Å². The quantitative estimate of drug-likeness (QED) is 0.825. The zero-order chi connectivity index (χ0) is 13.8. The maximum atomic E-state index is 11.7. The molecular weight excluding hydrogens is 262 g/mol. The summed E-state index contributed by atoms with van der Waals surface area (Å²) in [5, 5.41) is 3.36. The number of rotatable bonds is 5. The molecule has 0 saturated heterocycles. The van der Waals surface area contributed by atoms with Crippen LogP contribution in [0.5, 0.6) is 0 Å². The molecule has 0 aliphatic rings. The van der Waals surface area contributed by atoms with Crippen LogP contribution < -0.4 is 11.1 Å². The second-order valence-electron chi connectivity index (χ2n) is 4.46. The van der Waals surface area contributed by atoms with E-state index in [0.717, 1.165) is 10.2 Å². The molecule has 1 aromatic heterocycles. The Hall–Kier alpha value is -1.66. The lowest BCUT2D eigenvalue weighted by atomic mass is 10.3. The molecule has 0 unspecified atom stereocenters. The first-order valence-corrected chi connectivity index (χ1v) is 6.94. The van der Waals surface area contributed by atoms with Crippen LogP contribution in [-0.2, 0) is 9.53 Å². The van der Waals surface area contributed by atoms with E-state index in [9.17, 15) is 4.79 Å². The monoisotopic (exact) mass is 279 g/mol. The maximum Gasteiger partial charge on any atom is 0.228 e. The Morgan fingerprint density at radius 2 is 2.32 bits per heavy atom. The molecule has 0 radical (unpaired) electrons. The van der Waals surface area contributed by atoms with Gasteiger partial charge in [-0.1, -0.05) is 11.3 Å². The van der Waals surface area contributed by atoms with E-state index < -0.39 is 0 Å². The number of benzene rings is 1. The van der Waals surface area contributed by atoms with Crippen molar-refractivity contribution >= 4 is 38.3 Å². The number of nitrogen functional groups attached to an aromatic ring is 1. The molecule has 1 heterocycles. The molecule has 5 nitrogen and oxygen atoms in total. The van der Waals surface area contributed by atoms with E-state index in [1.807, 2.05) is 26.0 Å². The number of hydrogen-bond acceptors (Lipinski definition) is 5. The Balaban J connectivity index is 1.95. The third-order valence-electron chi connectivity index (χ3n) is 2.44. The molecule has 0 aliphatic carbocycles. The van der Waals surface area contributed by atoms with E-state index in [1.165, 1.54) is 11.3 Å². The highest BCUT2D eigenvalue weighted by molar-refractivity contribution is 7.22. The number of amides is 1. The molecule has 3 N–H and O–H groups in total. The lowest BCUT2D eigenvalue weighted by molar-refractivity contribution is -0.117. The van der Waals surface area contributed by atoms with E-state index in [2.05, 4.69) is 10.3 Å². The van der Waals surface area contributed by atoms with Crippen molar-refractivity contribution in [2.24, 2.45) is 0 Å². The zero-order valence-electron chi connectivity index (χ0n) is 11.0. The van der Waals surface area contributed by atoms with Crippen LogP contribution in [0.2, 0.25) is 0 Å². The number of hydrogen-bond donors (Lipinski definition) is 2. The van der Waals surface area contributed by atoms with Crippen LogP contribution in [0.4, 0.5) is 10.8 Å². The molecule has 0 bridgehead atoms. The number of thiazole rings is 1. The molecule has 19 heavy (non-hydrogen) atoms. The van der Waals surface area contributed by atoms with Gasteiger partial charge in [0.1, 0.15) is 0 Å². The highest BCUT2D eigenvalue weighted by Gasteiger charge is 2.08. The molecule has 0 aliphatic heterocycles. The minimum Gasteiger partial charge on any atom is -0.399 e. The minimum atomic E-state index is -0.0901. The van der Waals surface area contributed by atoms with Gasteiger partial charge in [0.25, 0.3) is 0 Å². The van der Waals surface area contributed by atoms with Gasteiger partial charge in [-0.15, -0.1) is 0 Å². The summed E-state index contributed by atoms with van der Waals surface area (Å²) < 4.78 is 6.30. The van der Waals surface area contributed by atoms with Crippen LogP contribution in [0.1, 0.15) is 20.3 Å². The summed E-state index contributed by atoms with van der Waals surface area (Å²) >= 11 is 1.42. The van der Waals surface area contributed by atoms with E-state index in [4.69, 9.17) is 10.5 Å². The first-order valence-electron chi connectivity index (χ1n) is 6.12. The Bertz CT molecular complexity index is 580. The first-order chi connectivity index (χ1) is 9.04. The highest BCUT2D eigenvalue weighted by Crippen LogP contribution is 2.27. The lowest BCUT2D eigenvalue weighted by Gasteiger charge is -2.06. The van der Waals surface area contributed by atoms with Crippen LogP contribution >= 0.6 is 11.3 Å². The number of fused-ring (bicyclic) bond motifs is 1. The second-order valence-corrected chi connectivity index (χ2v) is 5.49. The third kappa shape index (κ3) is 3.90. The van der Waals surface area contributed by atoms with Crippen molar-refractivity contribution in [3.05, 3.63) is 18.2 Å². The van der Waals surface area contributed by atoms with E-state index in [-0.39, 0.29) is 12.0 Å². The number of carbonyl (C=O) groups excluding carboxylic acids is 1. The average molecular weight is 279 g/mol. The summed E-state index contributed by atoms with van der Waals surface area (Å²) in [4.78, 5) is 16.0. The fraction of sp³-hybridized carbons (Fsp3) is 0.385. The minimum absolute atomic E-state index is 0.0901. The standard InChI is InChI=1S/C13H17N3O2S/c1-8(2)18-6-5-12(17)16-13-15-10-4-3-9(14)7-11(10)19-13/h3-4,7-8H,5-6,14H2,1-2H3,(H,15,16,17). The van der Waals surface area contributed by atoms with Gasteiger partial charge in [-0.05, 0) is 32.0 Å². The normalized spacial score (nSPS) is 11.1. The summed E-state index contributed by atoms with van der Waals surface area (Å²) in [5.41, 5.74) is 7.24. The van der Waals surface area contributed by atoms with Crippen LogP contribution in [0, 0.1) is 0 Å². The van der Waals surface area contributed by atoms with Crippen molar-refractivity contribution in [2.75, 3.05) is 17.7 Å². The van der Waals surface area contributed by atoms with Gasteiger partial charge < -0.3 is 15.8 Å². The Kier molecular flexibility index (Phi) is 4.34. The van der Waals surface area contributed by atoms with Crippen LogP contribution in [0.3, 0.4) is 0 Å². The molecule has 1 amide bonds. The summed E-state index contributed by atoms with van der Waals surface area (Å²) in [6, 6.07) is 5.49. The fourth-order valence-electron chi connectivity index (χ4n) is 1.56. The number of ether oxygens (including phenoxy) is 1. The van der Waals surface area contributed by atoms with Crippen molar-refractivity contribution in [1.29, 1.82) is 0 Å². The summed E-state index contributed by atoms with van der Waals surface area (Å²) in [6.07, 6.45) is 0.467. The Morgan fingerprint density at radius 3 is 3.05 bits per heavy atom. The fourth-order valence-corrected chi connectivity index (χ4v) is 2.49. The predicted molar refractivity (Wildman–Crippen MR) is 78.4 cm³/mol. The highest BCUT2D eigenvalue weighted by atomic mass is 32.1. The number of anilines is 2. The molecule has 1 aromatic carbocycles. The van der Waals surface area contributed by atoms with Gasteiger partial charge >= 0.3 is 0 Å². The topological polar surface area (TPSA) is 77.2 Å². The van der Waals surface area contributed by atoms with Crippen molar-refractivity contribution in [2.45, 2.75) is 26.4 Å². The van der Waals surface area contributed by atoms with Crippen molar-refractivity contribution < 1.29 is 9.53 Å². The van der Waals surface area contributed by atoms with Crippen LogP contribution in [-0.4, -0.2) is 23.6 Å². The molecule has 102 valence electrons. The van der Waals surface area contributed by atoms with Gasteiger partial charge in [0.15, 0.2) is 5.13 Å². The van der Waals surface area contributed by atoms with Gasteiger partial charge in [-0.25, -0.2) is 4.98 Å². The molecule has 2 aromatic rings. The SMILES string of the molecule is CC(C)OCCC(=O)Nc1nc2ccc(N)cc2s1. The van der Waals surface area contributed by atoms with E-state index >= 15 is 0 Å². The molecule has 0 spiro atoms. The smallest absolute Gasteiger partial charge is 0.228 e. The van der Waals surface area contributed by atoms with Crippen molar-refractivity contribution in [3.8, 4) is 0 Å². The van der Waals surface area contributed by atoms with Crippen molar-refractivity contribution in [1.82, 2.24) is 4.98 Å². The second kappa shape index (κ2) is 5.99. The third-order valence-corrected chi connectivity index (χ3v) is 3.37.